The number of rotatable bonds is 4. The van der Waals surface area contributed by atoms with Crippen molar-refractivity contribution in [3.63, 3.8) is 0 Å². The fourth-order valence-electron chi connectivity index (χ4n) is 5.36. The lowest BCUT2D eigenvalue weighted by Crippen LogP contribution is -2.57. The first-order valence-corrected chi connectivity index (χ1v) is 11.2. The van der Waals surface area contributed by atoms with Crippen molar-refractivity contribution in [2.45, 2.75) is 57.0 Å². The molecule has 1 aromatic rings. The fourth-order valence-corrected chi connectivity index (χ4v) is 5.68. The Morgan fingerprint density at radius 3 is 2.71 bits per heavy atom. The summed E-state index contributed by atoms with van der Waals surface area (Å²) >= 11 is 12.2. The summed E-state index contributed by atoms with van der Waals surface area (Å²) in [6.45, 7) is 4.05. The molecule has 1 spiro atoms. The van der Waals surface area contributed by atoms with Crippen LogP contribution in [0.3, 0.4) is 0 Å². The number of carbonyl (C=O) groups excluding carboxylic acids is 1. The van der Waals surface area contributed by atoms with E-state index >= 15 is 0 Å². The number of benzene rings is 1. The smallest absolute Gasteiger partial charge is 0.227 e. The van der Waals surface area contributed by atoms with Gasteiger partial charge in [-0.3, -0.25) is 9.69 Å². The van der Waals surface area contributed by atoms with E-state index in [2.05, 4.69) is 4.90 Å². The summed E-state index contributed by atoms with van der Waals surface area (Å²) in [6.07, 6.45) is 7.48. The lowest BCUT2D eigenvalue weighted by atomic mass is 9.69. The molecule has 0 bridgehead atoms. The lowest BCUT2D eigenvalue weighted by Gasteiger charge is -2.48. The molecule has 0 unspecified atom stereocenters. The molecule has 3 atom stereocenters. The number of halogens is 2. The van der Waals surface area contributed by atoms with Crippen LogP contribution >= 0.6 is 23.2 Å². The van der Waals surface area contributed by atoms with Gasteiger partial charge < -0.3 is 9.64 Å². The molecular formula is C22H30Cl2N2O2. The molecule has 3 aliphatic rings. The largest absolute Gasteiger partial charge is 0.381 e. The van der Waals surface area contributed by atoms with Crippen molar-refractivity contribution < 1.29 is 9.53 Å². The summed E-state index contributed by atoms with van der Waals surface area (Å²) in [5.41, 5.74) is 1.18. The molecule has 2 aliphatic heterocycles. The molecule has 2 heterocycles. The van der Waals surface area contributed by atoms with Crippen LogP contribution in [0.15, 0.2) is 18.2 Å². The Bertz CT molecular complexity index is 714. The van der Waals surface area contributed by atoms with E-state index in [1.54, 1.807) is 12.1 Å². The highest BCUT2D eigenvalue weighted by molar-refractivity contribution is 6.42. The van der Waals surface area contributed by atoms with Gasteiger partial charge in [-0.2, -0.15) is 0 Å². The van der Waals surface area contributed by atoms with E-state index in [1.165, 1.54) is 38.8 Å². The lowest BCUT2D eigenvalue weighted by molar-refractivity contribution is -0.134. The minimum atomic E-state index is 0.156. The molecule has 2 saturated heterocycles. The van der Waals surface area contributed by atoms with E-state index in [-0.39, 0.29) is 17.4 Å². The van der Waals surface area contributed by atoms with Gasteiger partial charge in [-0.05, 0) is 74.7 Å². The molecule has 154 valence electrons. The molecule has 1 amide bonds. The van der Waals surface area contributed by atoms with Crippen LogP contribution in [0.25, 0.3) is 0 Å². The molecule has 3 fully saturated rings. The van der Waals surface area contributed by atoms with Crippen LogP contribution in [0.2, 0.25) is 10.0 Å². The molecule has 0 radical (unpaired) electrons. The van der Waals surface area contributed by atoms with E-state index < -0.39 is 0 Å². The molecule has 4 nitrogen and oxygen atoms in total. The number of likely N-dealkylation sites (tertiary alicyclic amines) is 1. The zero-order valence-electron chi connectivity index (χ0n) is 16.6. The van der Waals surface area contributed by atoms with Crippen LogP contribution < -0.4 is 0 Å². The molecule has 1 aromatic carbocycles. The fraction of sp³-hybridized carbons (Fsp3) is 0.682. The Hall–Kier alpha value is -0.810. The number of amides is 1. The van der Waals surface area contributed by atoms with E-state index in [0.717, 1.165) is 31.6 Å². The number of nitrogens with zero attached hydrogens (tertiary/aromatic N) is 2. The number of likely N-dealkylation sites (N-methyl/N-ethyl adjacent to an activating group) is 1. The summed E-state index contributed by atoms with van der Waals surface area (Å²) in [7, 11) is 1.99. The third-order valence-corrected chi connectivity index (χ3v) is 7.82. The molecule has 1 aliphatic carbocycles. The molecule has 6 heteroatoms. The van der Waals surface area contributed by atoms with Gasteiger partial charge in [0.05, 0.1) is 23.1 Å². The maximum atomic E-state index is 13.2. The standard InChI is InChI=1S/C22H30Cl2N2O2/c1-25(21(27)13-16-4-5-17(23)18(24)12-16)20-14-22(8-11-28-15-22)7-6-19(20)26-9-2-3-10-26/h4-5,12,19-20H,2-3,6-11,13-15H2,1H3/t19-,20-,22+/m1/s1. The van der Waals surface area contributed by atoms with Gasteiger partial charge in [0, 0.05) is 25.7 Å². The van der Waals surface area contributed by atoms with Gasteiger partial charge >= 0.3 is 0 Å². The Morgan fingerprint density at radius 2 is 2.04 bits per heavy atom. The van der Waals surface area contributed by atoms with Crippen molar-refractivity contribution in [3.05, 3.63) is 33.8 Å². The van der Waals surface area contributed by atoms with Crippen molar-refractivity contribution in [1.82, 2.24) is 9.80 Å². The van der Waals surface area contributed by atoms with Crippen LogP contribution in [0.1, 0.15) is 44.1 Å². The van der Waals surface area contributed by atoms with E-state index in [4.69, 9.17) is 27.9 Å². The van der Waals surface area contributed by atoms with Gasteiger partial charge in [0.1, 0.15) is 0 Å². The third-order valence-electron chi connectivity index (χ3n) is 7.08. The predicted octanol–water partition coefficient (Wildman–Crippen LogP) is 4.42. The monoisotopic (exact) mass is 424 g/mol. The maximum Gasteiger partial charge on any atom is 0.227 e. The molecule has 1 saturated carbocycles. The van der Waals surface area contributed by atoms with E-state index in [0.29, 0.717) is 22.5 Å². The summed E-state index contributed by atoms with van der Waals surface area (Å²) in [5, 5.41) is 1.03. The number of carbonyl (C=O) groups is 1. The van der Waals surface area contributed by atoms with Crippen molar-refractivity contribution in [1.29, 1.82) is 0 Å². The van der Waals surface area contributed by atoms with Gasteiger partial charge in [0.2, 0.25) is 5.91 Å². The van der Waals surface area contributed by atoms with Gasteiger partial charge in [-0.1, -0.05) is 29.3 Å². The van der Waals surface area contributed by atoms with E-state index in [1.807, 2.05) is 18.0 Å². The van der Waals surface area contributed by atoms with Gasteiger partial charge in [0.15, 0.2) is 0 Å². The van der Waals surface area contributed by atoms with Crippen LogP contribution in [0.5, 0.6) is 0 Å². The van der Waals surface area contributed by atoms with Crippen molar-refractivity contribution in [3.8, 4) is 0 Å². The third kappa shape index (κ3) is 4.21. The minimum absolute atomic E-state index is 0.156. The molecule has 28 heavy (non-hydrogen) atoms. The second kappa shape index (κ2) is 8.51. The van der Waals surface area contributed by atoms with Crippen molar-refractivity contribution >= 4 is 29.1 Å². The topological polar surface area (TPSA) is 32.8 Å². The number of hydrogen-bond donors (Lipinski definition) is 0. The Kier molecular flexibility index (Phi) is 6.22. The highest BCUT2D eigenvalue weighted by Gasteiger charge is 2.47. The quantitative estimate of drug-likeness (QED) is 0.716. The summed E-state index contributed by atoms with van der Waals surface area (Å²) in [6, 6.07) is 6.19. The average Bonchev–Trinajstić information content (AvgIpc) is 3.37. The normalized spacial score (nSPS) is 30.8. The molecule has 0 aromatic heterocycles. The second-order valence-electron chi connectivity index (χ2n) is 8.85. The van der Waals surface area contributed by atoms with Crippen LogP contribution in [-0.4, -0.2) is 61.1 Å². The van der Waals surface area contributed by atoms with Crippen LogP contribution in [-0.2, 0) is 16.0 Å². The zero-order chi connectivity index (χ0) is 19.7. The maximum absolute atomic E-state index is 13.2. The number of ether oxygens (including phenoxy) is 1. The highest BCUT2D eigenvalue weighted by Crippen LogP contribution is 2.45. The van der Waals surface area contributed by atoms with Gasteiger partial charge in [0.25, 0.3) is 0 Å². The van der Waals surface area contributed by atoms with E-state index in [9.17, 15) is 4.79 Å². The van der Waals surface area contributed by atoms with Gasteiger partial charge in [-0.25, -0.2) is 0 Å². The molecular weight excluding hydrogens is 395 g/mol. The zero-order valence-corrected chi connectivity index (χ0v) is 18.1. The highest BCUT2D eigenvalue weighted by atomic mass is 35.5. The van der Waals surface area contributed by atoms with Crippen molar-refractivity contribution in [2.24, 2.45) is 5.41 Å². The summed E-state index contributed by atoms with van der Waals surface area (Å²) in [4.78, 5) is 17.8. The Balaban J connectivity index is 1.50. The first kappa shape index (κ1) is 20.5. The number of hydrogen-bond acceptors (Lipinski definition) is 3. The second-order valence-corrected chi connectivity index (χ2v) is 9.67. The summed E-state index contributed by atoms with van der Waals surface area (Å²) < 4.78 is 5.76. The first-order chi connectivity index (χ1) is 13.5. The Labute approximate surface area is 178 Å². The average molecular weight is 425 g/mol. The van der Waals surface area contributed by atoms with Crippen molar-refractivity contribution in [2.75, 3.05) is 33.4 Å². The minimum Gasteiger partial charge on any atom is -0.381 e. The van der Waals surface area contributed by atoms with Gasteiger partial charge in [-0.15, -0.1) is 0 Å². The van der Waals surface area contributed by atoms with Crippen LogP contribution in [0, 0.1) is 5.41 Å². The van der Waals surface area contributed by atoms with Crippen LogP contribution in [0.4, 0.5) is 0 Å². The SMILES string of the molecule is CN(C(=O)Cc1ccc(Cl)c(Cl)c1)[C@@H]1C[C@@]2(CCOC2)CC[C@H]1N1CCCC1. The first-order valence-electron chi connectivity index (χ1n) is 10.5. The molecule has 0 N–H and O–H groups in total. The Morgan fingerprint density at radius 1 is 1.25 bits per heavy atom. The molecule has 4 rings (SSSR count). The predicted molar refractivity (Wildman–Crippen MR) is 113 cm³/mol. The summed E-state index contributed by atoms with van der Waals surface area (Å²) in [5.74, 6) is 0.156.